The van der Waals surface area contributed by atoms with E-state index in [1.165, 1.54) is 17.1 Å². The first-order valence-electron chi connectivity index (χ1n) is 10.0. The molecule has 0 aliphatic heterocycles. The first-order valence-corrected chi connectivity index (χ1v) is 10.0. The zero-order valence-electron chi connectivity index (χ0n) is 16.6. The normalized spacial score (nSPS) is 15.9. The number of nitrogens with zero attached hydrogens (tertiary/aromatic N) is 4. The number of H-pyrrole nitrogens is 1. The maximum Gasteiger partial charge on any atom is 0.408 e. The molecule has 1 aliphatic carbocycles. The minimum absolute atomic E-state index is 0.0707. The van der Waals surface area contributed by atoms with Gasteiger partial charge in [-0.1, -0.05) is 6.42 Å². The molecule has 1 saturated carbocycles. The molecule has 4 heterocycles. The molecule has 0 aromatic carbocycles. The Balaban J connectivity index is 1.50. The molecule has 1 fully saturated rings. The van der Waals surface area contributed by atoms with E-state index in [9.17, 15) is 18.0 Å². The van der Waals surface area contributed by atoms with Crippen molar-refractivity contribution in [2.24, 2.45) is 0 Å². The summed E-state index contributed by atoms with van der Waals surface area (Å²) in [5.41, 5.74) is 2.83. The van der Waals surface area contributed by atoms with E-state index >= 15 is 0 Å². The summed E-state index contributed by atoms with van der Waals surface area (Å²) in [6, 6.07) is 1.58. The van der Waals surface area contributed by atoms with Gasteiger partial charge >= 0.3 is 6.18 Å². The summed E-state index contributed by atoms with van der Waals surface area (Å²) in [7, 11) is 0. The van der Waals surface area contributed by atoms with Crippen molar-refractivity contribution in [3.8, 4) is 11.1 Å². The number of carbonyl (C=O) groups is 1. The lowest BCUT2D eigenvalue weighted by Crippen LogP contribution is -2.43. The van der Waals surface area contributed by atoms with Crippen LogP contribution in [0.2, 0.25) is 0 Å². The monoisotopic (exact) mass is 428 g/mol. The van der Waals surface area contributed by atoms with Gasteiger partial charge in [-0.3, -0.25) is 4.79 Å². The Morgan fingerprint density at radius 3 is 2.84 bits per heavy atom. The van der Waals surface area contributed by atoms with E-state index in [2.05, 4.69) is 20.1 Å². The number of aromatic amines is 1. The van der Waals surface area contributed by atoms with E-state index in [0.717, 1.165) is 47.8 Å². The lowest BCUT2D eigenvalue weighted by molar-refractivity contribution is -0.149. The number of hydrogen-bond donors (Lipinski definition) is 2. The van der Waals surface area contributed by atoms with Crippen LogP contribution in [0.15, 0.2) is 36.9 Å². The van der Waals surface area contributed by atoms with Gasteiger partial charge in [0.1, 0.15) is 17.5 Å². The summed E-state index contributed by atoms with van der Waals surface area (Å²) < 4.78 is 39.9. The molecule has 1 amide bonds. The highest BCUT2D eigenvalue weighted by atomic mass is 19.4. The van der Waals surface area contributed by atoms with Crippen LogP contribution >= 0.6 is 0 Å². The van der Waals surface area contributed by atoms with E-state index in [0.29, 0.717) is 11.4 Å². The van der Waals surface area contributed by atoms with Gasteiger partial charge in [-0.2, -0.15) is 18.3 Å². The highest BCUT2D eigenvalue weighted by Crippen LogP contribution is 2.36. The fourth-order valence-corrected chi connectivity index (χ4v) is 3.70. The quantitative estimate of drug-likeness (QED) is 0.510. The van der Waals surface area contributed by atoms with Crippen LogP contribution in [0.4, 0.5) is 13.2 Å². The maximum absolute atomic E-state index is 12.8. The number of rotatable bonds is 4. The van der Waals surface area contributed by atoms with Crippen LogP contribution in [0.5, 0.6) is 0 Å². The Bertz CT molecular complexity index is 1290. The zero-order chi connectivity index (χ0) is 21.8. The van der Waals surface area contributed by atoms with Crippen LogP contribution in [0.1, 0.15) is 48.3 Å². The van der Waals surface area contributed by atoms with Crippen molar-refractivity contribution >= 4 is 22.5 Å². The second-order valence-corrected chi connectivity index (χ2v) is 7.86. The van der Waals surface area contributed by atoms with Crippen LogP contribution in [-0.2, 0) is 0 Å². The van der Waals surface area contributed by atoms with Crippen molar-refractivity contribution in [3.05, 3.63) is 48.3 Å². The van der Waals surface area contributed by atoms with E-state index in [1.54, 1.807) is 18.5 Å². The van der Waals surface area contributed by atoms with Crippen molar-refractivity contribution in [2.75, 3.05) is 0 Å². The molecule has 0 spiro atoms. The highest BCUT2D eigenvalue weighted by Gasteiger charge is 2.37. The van der Waals surface area contributed by atoms with Crippen LogP contribution in [0.25, 0.3) is 27.7 Å². The molecule has 1 atom stereocenters. The molecule has 10 heteroatoms. The van der Waals surface area contributed by atoms with Crippen LogP contribution in [-0.4, -0.2) is 42.7 Å². The third-order valence-corrected chi connectivity index (χ3v) is 5.84. The van der Waals surface area contributed by atoms with Gasteiger partial charge in [-0.15, -0.1) is 0 Å². The topological polar surface area (TPSA) is 88.0 Å². The highest BCUT2D eigenvalue weighted by molar-refractivity contribution is 6.02. The second-order valence-electron chi connectivity index (χ2n) is 7.86. The average Bonchev–Trinajstić information content (AvgIpc) is 3.29. The van der Waals surface area contributed by atoms with Crippen molar-refractivity contribution in [1.82, 2.24) is 29.9 Å². The third-order valence-electron chi connectivity index (χ3n) is 5.84. The number of hydrogen-bond acceptors (Lipinski definition) is 4. The van der Waals surface area contributed by atoms with Gasteiger partial charge in [0, 0.05) is 35.5 Å². The van der Waals surface area contributed by atoms with Crippen molar-refractivity contribution in [1.29, 1.82) is 0 Å². The minimum Gasteiger partial charge on any atom is -0.345 e. The predicted molar refractivity (Wildman–Crippen MR) is 108 cm³/mol. The zero-order valence-corrected chi connectivity index (χ0v) is 16.6. The molecule has 0 radical (unpaired) electrons. The molecule has 0 saturated heterocycles. The number of halogens is 3. The molecule has 1 unspecified atom stereocenters. The van der Waals surface area contributed by atoms with Crippen molar-refractivity contribution < 1.29 is 18.0 Å². The summed E-state index contributed by atoms with van der Waals surface area (Å²) >= 11 is 0. The van der Waals surface area contributed by atoms with Crippen LogP contribution in [0.3, 0.4) is 0 Å². The molecule has 1 aliphatic rings. The SMILES string of the molecule is CC(NC(=O)c1cnn2ccc(-c3c[nH]c4nc(C5CCC5)ncc34)cc12)C(F)(F)F. The van der Waals surface area contributed by atoms with Crippen molar-refractivity contribution in [3.63, 3.8) is 0 Å². The Morgan fingerprint density at radius 2 is 2.13 bits per heavy atom. The van der Waals surface area contributed by atoms with Crippen LogP contribution < -0.4 is 5.32 Å². The van der Waals surface area contributed by atoms with E-state index in [4.69, 9.17) is 0 Å². The Morgan fingerprint density at radius 1 is 1.32 bits per heavy atom. The molecule has 7 nitrogen and oxygen atoms in total. The van der Waals surface area contributed by atoms with Gasteiger partial charge in [0.05, 0.1) is 17.3 Å². The number of alkyl halides is 3. The molecular weight excluding hydrogens is 409 g/mol. The molecule has 0 bridgehead atoms. The smallest absolute Gasteiger partial charge is 0.345 e. The molecule has 4 aromatic rings. The fraction of sp³-hybridized carbons (Fsp3) is 0.333. The number of aromatic nitrogens is 5. The largest absolute Gasteiger partial charge is 0.408 e. The van der Waals surface area contributed by atoms with Gasteiger partial charge < -0.3 is 10.3 Å². The van der Waals surface area contributed by atoms with E-state index in [-0.39, 0.29) is 5.56 Å². The van der Waals surface area contributed by atoms with Gasteiger partial charge in [0.2, 0.25) is 0 Å². The molecule has 4 aromatic heterocycles. The van der Waals surface area contributed by atoms with E-state index < -0.39 is 18.1 Å². The molecular formula is C21H19F3N6O. The predicted octanol–water partition coefficient (Wildman–Crippen LogP) is 4.22. The third kappa shape index (κ3) is 3.41. The lowest BCUT2D eigenvalue weighted by atomic mass is 9.85. The van der Waals surface area contributed by atoms with Gasteiger partial charge in [-0.25, -0.2) is 14.5 Å². The van der Waals surface area contributed by atoms with Crippen molar-refractivity contribution in [2.45, 2.75) is 44.3 Å². The standard InChI is InChI=1S/C21H19F3N6O/c1-11(21(22,23)24)28-20(31)16-10-27-30-6-5-13(7-17(16)30)14-8-26-19-15(14)9-25-18(29-19)12-3-2-4-12/h5-12H,2-4H2,1H3,(H,28,31)(H,25,26,29). The lowest BCUT2D eigenvalue weighted by Gasteiger charge is -2.23. The Labute approximate surface area is 174 Å². The van der Waals surface area contributed by atoms with Gasteiger partial charge in [0.25, 0.3) is 5.91 Å². The second kappa shape index (κ2) is 7.07. The number of carbonyl (C=O) groups excluding carboxylic acids is 1. The summed E-state index contributed by atoms with van der Waals surface area (Å²) in [5.74, 6) is 0.431. The summed E-state index contributed by atoms with van der Waals surface area (Å²) in [5, 5.41) is 6.90. The fourth-order valence-electron chi connectivity index (χ4n) is 3.70. The van der Waals surface area contributed by atoms with Crippen LogP contribution in [0, 0.1) is 0 Å². The summed E-state index contributed by atoms with van der Waals surface area (Å²) in [6.45, 7) is 0.902. The first-order chi connectivity index (χ1) is 14.8. The van der Waals surface area contributed by atoms with Gasteiger partial charge in [0.15, 0.2) is 0 Å². The van der Waals surface area contributed by atoms with Gasteiger partial charge in [-0.05, 0) is 37.5 Å². The Hall–Kier alpha value is -3.43. The number of pyridine rings is 1. The summed E-state index contributed by atoms with van der Waals surface area (Å²) in [6.07, 6.45) is 5.43. The molecule has 160 valence electrons. The number of amides is 1. The average molecular weight is 428 g/mol. The maximum atomic E-state index is 12.8. The Kier molecular flexibility index (Phi) is 4.45. The summed E-state index contributed by atoms with van der Waals surface area (Å²) in [4.78, 5) is 24.8. The molecule has 31 heavy (non-hydrogen) atoms. The number of nitrogens with one attached hydrogen (secondary N) is 2. The molecule has 2 N–H and O–H groups in total. The first kappa shape index (κ1) is 19.5. The van der Waals surface area contributed by atoms with E-state index in [1.807, 2.05) is 17.6 Å². The number of fused-ring (bicyclic) bond motifs is 2. The minimum atomic E-state index is -4.52. The molecule has 5 rings (SSSR count).